The summed E-state index contributed by atoms with van der Waals surface area (Å²) >= 11 is 0. The average molecular weight is 279 g/mol. The molecule has 4 heteroatoms. The zero-order valence-electron chi connectivity index (χ0n) is 12.6. The molecule has 0 heterocycles. The maximum absolute atomic E-state index is 10.9. The van der Waals surface area contributed by atoms with E-state index in [0.717, 1.165) is 25.3 Å². The minimum Gasteiger partial charge on any atom is -0.492 e. The second-order valence-electron chi connectivity index (χ2n) is 5.20. The van der Waals surface area contributed by atoms with Crippen LogP contribution in [0, 0.1) is 12.8 Å². The highest BCUT2D eigenvalue weighted by molar-refractivity contribution is 5.69. The molecule has 112 valence electrons. The van der Waals surface area contributed by atoms with Gasteiger partial charge in [-0.25, -0.2) is 0 Å². The smallest absolute Gasteiger partial charge is 0.307 e. The van der Waals surface area contributed by atoms with E-state index in [1.807, 2.05) is 31.2 Å². The van der Waals surface area contributed by atoms with Gasteiger partial charge in [0, 0.05) is 13.1 Å². The maximum Gasteiger partial charge on any atom is 0.307 e. The highest BCUT2D eigenvalue weighted by atomic mass is 16.5. The lowest BCUT2D eigenvalue weighted by Gasteiger charge is -2.23. The molecule has 0 aliphatic heterocycles. The number of benzene rings is 1. The van der Waals surface area contributed by atoms with Gasteiger partial charge in [-0.15, -0.1) is 0 Å². The molecule has 1 atom stereocenters. The van der Waals surface area contributed by atoms with E-state index in [1.165, 1.54) is 5.56 Å². The molecule has 0 aliphatic rings. The minimum atomic E-state index is -0.745. The molecule has 0 spiro atoms. The summed E-state index contributed by atoms with van der Waals surface area (Å²) in [6.45, 7) is 8.68. The van der Waals surface area contributed by atoms with Crippen LogP contribution >= 0.6 is 0 Å². The third-order valence-electron chi connectivity index (χ3n) is 3.19. The summed E-state index contributed by atoms with van der Waals surface area (Å²) < 4.78 is 5.69. The van der Waals surface area contributed by atoms with Crippen molar-refractivity contribution in [2.24, 2.45) is 5.92 Å². The normalized spacial score (nSPS) is 12.4. The van der Waals surface area contributed by atoms with Crippen molar-refractivity contribution in [3.63, 3.8) is 0 Å². The molecule has 1 N–H and O–H groups in total. The Morgan fingerprint density at radius 2 is 1.95 bits per heavy atom. The van der Waals surface area contributed by atoms with Crippen LogP contribution in [0.1, 0.15) is 25.8 Å². The summed E-state index contributed by atoms with van der Waals surface area (Å²) in [5, 5.41) is 8.97. The zero-order chi connectivity index (χ0) is 15.0. The number of nitrogens with zero attached hydrogens (tertiary/aromatic N) is 1. The number of carboxylic acids is 1. The van der Waals surface area contributed by atoms with Crippen LogP contribution in [0.15, 0.2) is 24.3 Å². The van der Waals surface area contributed by atoms with E-state index < -0.39 is 5.97 Å². The van der Waals surface area contributed by atoms with E-state index in [9.17, 15) is 4.79 Å². The first-order valence-electron chi connectivity index (χ1n) is 7.17. The van der Waals surface area contributed by atoms with Gasteiger partial charge in [0.25, 0.3) is 0 Å². The molecule has 1 aromatic carbocycles. The molecule has 0 saturated heterocycles. The molecule has 0 aliphatic carbocycles. The third-order valence-corrected chi connectivity index (χ3v) is 3.19. The molecular formula is C16H25NO3. The molecule has 0 aromatic heterocycles. The highest BCUT2D eigenvalue weighted by Crippen LogP contribution is 2.11. The number of carbonyl (C=O) groups is 1. The Labute approximate surface area is 121 Å². The molecule has 1 unspecified atom stereocenters. The number of aliphatic carboxylic acids is 1. The molecule has 0 amide bonds. The number of hydrogen-bond donors (Lipinski definition) is 1. The monoisotopic (exact) mass is 279 g/mol. The summed E-state index contributed by atoms with van der Waals surface area (Å²) in [5.74, 6) is -0.232. The largest absolute Gasteiger partial charge is 0.492 e. The van der Waals surface area contributed by atoms with Crippen LogP contribution in [0.5, 0.6) is 5.75 Å². The van der Waals surface area contributed by atoms with E-state index in [1.54, 1.807) is 6.92 Å². The van der Waals surface area contributed by atoms with E-state index in [0.29, 0.717) is 13.2 Å². The van der Waals surface area contributed by atoms with Gasteiger partial charge in [-0.1, -0.05) is 31.5 Å². The third kappa shape index (κ3) is 6.06. The summed E-state index contributed by atoms with van der Waals surface area (Å²) in [5.41, 5.74) is 1.21. The fraction of sp³-hybridized carbons (Fsp3) is 0.562. The van der Waals surface area contributed by atoms with Crippen LogP contribution in [0.2, 0.25) is 0 Å². The SMILES string of the molecule is CCCN(CCOc1ccc(C)cc1)CC(C)C(=O)O. The Hall–Kier alpha value is -1.55. The number of rotatable bonds is 9. The van der Waals surface area contributed by atoms with Gasteiger partial charge in [-0.3, -0.25) is 9.69 Å². The summed E-state index contributed by atoms with van der Waals surface area (Å²) in [4.78, 5) is 13.1. The van der Waals surface area contributed by atoms with Crippen LogP contribution in [-0.2, 0) is 4.79 Å². The van der Waals surface area contributed by atoms with Crippen LogP contribution in [0.3, 0.4) is 0 Å². The quantitative estimate of drug-likeness (QED) is 0.755. The lowest BCUT2D eigenvalue weighted by atomic mass is 10.1. The molecule has 0 bridgehead atoms. The van der Waals surface area contributed by atoms with Crippen molar-refractivity contribution >= 4 is 5.97 Å². The maximum atomic E-state index is 10.9. The zero-order valence-corrected chi connectivity index (χ0v) is 12.6. The highest BCUT2D eigenvalue weighted by Gasteiger charge is 2.15. The summed E-state index contributed by atoms with van der Waals surface area (Å²) in [6, 6.07) is 7.95. The molecule has 0 fully saturated rings. The van der Waals surface area contributed by atoms with Gasteiger partial charge >= 0.3 is 5.97 Å². The minimum absolute atomic E-state index is 0.346. The predicted molar refractivity (Wildman–Crippen MR) is 80.2 cm³/mol. The van der Waals surface area contributed by atoms with E-state index in [2.05, 4.69) is 11.8 Å². The average Bonchev–Trinajstić information content (AvgIpc) is 2.41. The fourth-order valence-electron chi connectivity index (χ4n) is 2.00. The van der Waals surface area contributed by atoms with Gasteiger partial charge in [0.05, 0.1) is 5.92 Å². The molecule has 1 aromatic rings. The Morgan fingerprint density at radius 3 is 2.50 bits per heavy atom. The summed E-state index contributed by atoms with van der Waals surface area (Å²) in [7, 11) is 0. The number of ether oxygens (including phenoxy) is 1. The Morgan fingerprint density at radius 1 is 1.30 bits per heavy atom. The van der Waals surface area contributed by atoms with Crippen molar-refractivity contribution in [1.82, 2.24) is 4.90 Å². The molecule has 0 saturated carbocycles. The molecule has 20 heavy (non-hydrogen) atoms. The molecular weight excluding hydrogens is 254 g/mol. The molecule has 1 rings (SSSR count). The van der Waals surface area contributed by atoms with E-state index in [-0.39, 0.29) is 5.92 Å². The van der Waals surface area contributed by atoms with Crippen LogP contribution in [0.25, 0.3) is 0 Å². The van der Waals surface area contributed by atoms with Gasteiger partial charge in [0.15, 0.2) is 0 Å². The Kier molecular flexibility index (Phi) is 7.09. The lowest BCUT2D eigenvalue weighted by Crippen LogP contribution is -2.35. The van der Waals surface area contributed by atoms with Crippen molar-refractivity contribution in [1.29, 1.82) is 0 Å². The Bertz CT molecular complexity index is 403. The van der Waals surface area contributed by atoms with Gasteiger partial charge in [-0.05, 0) is 32.0 Å². The second-order valence-corrected chi connectivity index (χ2v) is 5.20. The number of hydrogen-bond acceptors (Lipinski definition) is 3. The topological polar surface area (TPSA) is 49.8 Å². The van der Waals surface area contributed by atoms with E-state index in [4.69, 9.17) is 9.84 Å². The van der Waals surface area contributed by atoms with Crippen molar-refractivity contribution < 1.29 is 14.6 Å². The summed E-state index contributed by atoms with van der Waals surface area (Å²) in [6.07, 6.45) is 1.01. The van der Waals surface area contributed by atoms with E-state index >= 15 is 0 Å². The van der Waals surface area contributed by atoms with Gasteiger partial charge in [0.2, 0.25) is 0 Å². The number of carboxylic acid groups (broad SMARTS) is 1. The number of aryl methyl sites for hydroxylation is 1. The standard InChI is InChI=1S/C16H25NO3/c1-4-9-17(12-14(3)16(18)19)10-11-20-15-7-5-13(2)6-8-15/h5-8,14H,4,9-12H2,1-3H3,(H,18,19). The molecule has 0 radical (unpaired) electrons. The van der Waals surface area contributed by atoms with Crippen molar-refractivity contribution in [3.8, 4) is 5.75 Å². The van der Waals surface area contributed by atoms with Crippen molar-refractivity contribution in [3.05, 3.63) is 29.8 Å². The van der Waals surface area contributed by atoms with Gasteiger partial charge < -0.3 is 9.84 Å². The van der Waals surface area contributed by atoms with Crippen LogP contribution in [-0.4, -0.2) is 42.2 Å². The van der Waals surface area contributed by atoms with Crippen molar-refractivity contribution in [2.75, 3.05) is 26.2 Å². The first-order valence-corrected chi connectivity index (χ1v) is 7.17. The van der Waals surface area contributed by atoms with Gasteiger partial charge in [-0.2, -0.15) is 0 Å². The second kappa shape index (κ2) is 8.59. The van der Waals surface area contributed by atoms with Gasteiger partial charge in [0.1, 0.15) is 12.4 Å². The Balaban J connectivity index is 2.38. The first-order chi connectivity index (χ1) is 9.52. The van der Waals surface area contributed by atoms with Crippen molar-refractivity contribution in [2.45, 2.75) is 27.2 Å². The first kappa shape index (κ1) is 16.5. The lowest BCUT2D eigenvalue weighted by molar-refractivity contribution is -0.141. The van der Waals surface area contributed by atoms with Crippen LogP contribution < -0.4 is 4.74 Å². The predicted octanol–water partition coefficient (Wildman–Crippen LogP) is 2.81. The molecule has 4 nitrogen and oxygen atoms in total. The van der Waals surface area contributed by atoms with Crippen LogP contribution in [0.4, 0.5) is 0 Å². The fourth-order valence-corrected chi connectivity index (χ4v) is 2.00.